The molecule has 2 N–H and O–H groups in total. The second kappa shape index (κ2) is 8.79. The number of carbonyl (C=O) groups is 1. The van der Waals surface area contributed by atoms with Crippen molar-refractivity contribution in [3.63, 3.8) is 0 Å². The summed E-state index contributed by atoms with van der Waals surface area (Å²) in [7, 11) is 0. The lowest BCUT2D eigenvalue weighted by molar-refractivity contribution is -0.127. The van der Waals surface area contributed by atoms with E-state index in [-0.39, 0.29) is 11.9 Å². The number of nitrogens with one attached hydrogen (secondary N) is 2. The lowest BCUT2D eigenvalue weighted by Gasteiger charge is -2.18. The van der Waals surface area contributed by atoms with Gasteiger partial charge in [-0.25, -0.2) is 0 Å². The van der Waals surface area contributed by atoms with E-state index in [4.69, 9.17) is 4.74 Å². The van der Waals surface area contributed by atoms with Gasteiger partial charge in [0.2, 0.25) is 0 Å². The average molecular weight is 306 g/mol. The molecule has 0 saturated heterocycles. The Morgan fingerprint density at radius 2 is 1.91 bits per heavy atom. The largest absolute Gasteiger partial charge is 0.481 e. The lowest BCUT2D eigenvalue weighted by Crippen LogP contribution is -2.43. The Hall–Kier alpha value is -1.55. The number of hydrogen-bond acceptors (Lipinski definition) is 3. The molecule has 1 amide bonds. The van der Waals surface area contributed by atoms with Crippen LogP contribution in [0.5, 0.6) is 5.75 Å². The first kappa shape index (κ1) is 18.5. The SMILES string of the molecule is CCN[C@H](C)CNC(=O)C(C)Oc1ccc(C(C)C)c(C)c1. The van der Waals surface area contributed by atoms with Crippen molar-refractivity contribution in [3.05, 3.63) is 29.3 Å². The zero-order chi connectivity index (χ0) is 16.7. The van der Waals surface area contributed by atoms with E-state index in [9.17, 15) is 4.79 Å². The van der Waals surface area contributed by atoms with Gasteiger partial charge in [-0.2, -0.15) is 0 Å². The molecule has 4 nitrogen and oxygen atoms in total. The Kier molecular flexibility index (Phi) is 7.39. The van der Waals surface area contributed by atoms with Gasteiger partial charge >= 0.3 is 0 Å². The molecule has 0 fully saturated rings. The lowest BCUT2D eigenvalue weighted by atomic mass is 9.98. The van der Waals surface area contributed by atoms with Crippen molar-refractivity contribution in [2.24, 2.45) is 0 Å². The summed E-state index contributed by atoms with van der Waals surface area (Å²) in [6.45, 7) is 13.8. The van der Waals surface area contributed by atoms with Crippen LogP contribution in [-0.4, -0.2) is 31.1 Å². The predicted octanol–water partition coefficient (Wildman–Crippen LogP) is 3.00. The Balaban J connectivity index is 2.55. The monoisotopic (exact) mass is 306 g/mol. The number of carbonyl (C=O) groups excluding carboxylic acids is 1. The number of hydrogen-bond donors (Lipinski definition) is 2. The molecule has 0 aliphatic heterocycles. The van der Waals surface area contributed by atoms with Crippen molar-refractivity contribution >= 4 is 5.91 Å². The second-order valence-corrected chi connectivity index (χ2v) is 6.14. The molecule has 0 spiro atoms. The highest BCUT2D eigenvalue weighted by molar-refractivity contribution is 5.80. The summed E-state index contributed by atoms with van der Waals surface area (Å²) in [6.07, 6.45) is -0.502. The summed E-state index contributed by atoms with van der Waals surface area (Å²) in [5, 5.41) is 6.16. The molecule has 124 valence electrons. The number of amides is 1. The maximum atomic E-state index is 12.1. The van der Waals surface area contributed by atoms with E-state index in [0.29, 0.717) is 12.5 Å². The fourth-order valence-electron chi connectivity index (χ4n) is 2.44. The molecule has 1 aromatic carbocycles. The second-order valence-electron chi connectivity index (χ2n) is 6.14. The highest BCUT2D eigenvalue weighted by Gasteiger charge is 2.15. The molecule has 2 atom stereocenters. The van der Waals surface area contributed by atoms with Gasteiger partial charge in [-0.3, -0.25) is 4.79 Å². The third kappa shape index (κ3) is 5.68. The van der Waals surface area contributed by atoms with Gasteiger partial charge in [0.1, 0.15) is 5.75 Å². The molecular weight excluding hydrogens is 276 g/mol. The van der Waals surface area contributed by atoms with E-state index in [2.05, 4.69) is 37.5 Å². The summed E-state index contributed by atoms with van der Waals surface area (Å²) in [4.78, 5) is 12.1. The van der Waals surface area contributed by atoms with Gasteiger partial charge in [-0.05, 0) is 56.5 Å². The van der Waals surface area contributed by atoms with Crippen LogP contribution in [0.25, 0.3) is 0 Å². The minimum absolute atomic E-state index is 0.0876. The Morgan fingerprint density at radius 1 is 1.23 bits per heavy atom. The van der Waals surface area contributed by atoms with Crippen LogP contribution in [0.2, 0.25) is 0 Å². The summed E-state index contributed by atoms with van der Waals surface area (Å²) in [5.74, 6) is 1.14. The van der Waals surface area contributed by atoms with Crippen LogP contribution in [0.3, 0.4) is 0 Å². The van der Waals surface area contributed by atoms with Crippen LogP contribution in [-0.2, 0) is 4.79 Å². The molecular formula is C18H30N2O2. The standard InChI is InChI=1S/C18H30N2O2/c1-7-19-14(5)11-20-18(21)15(6)22-16-8-9-17(12(2)3)13(4)10-16/h8-10,12,14-15,19H,7,11H2,1-6H3,(H,20,21)/t14-,15?/m1/s1. The van der Waals surface area contributed by atoms with Crippen LogP contribution < -0.4 is 15.4 Å². The first-order valence-electron chi connectivity index (χ1n) is 8.13. The van der Waals surface area contributed by atoms with Gasteiger partial charge in [0, 0.05) is 12.6 Å². The maximum absolute atomic E-state index is 12.1. The summed E-state index contributed by atoms with van der Waals surface area (Å²) < 4.78 is 5.75. The van der Waals surface area contributed by atoms with Gasteiger partial charge in [-0.1, -0.05) is 26.8 Å². The van der Waals surface area contributed by atoms with E-state index < -0.39 is 6.10 Å². The number of rotatable bonds is 8. The van der Waals surface area contributed by atoms with Crippen LogP contribution in [0, 0.1) is 6.92 Å². The van der Waals surface area contributed by atoms with Crippen molar-refractivity contribution in [2.75, 3.05) is 13.1 Å². The highest BCUT2D eigenvalue weighted by Crippen LogP contribution is 2.24. The fraction of sp³-hybridized carbons (Fsp3) is 0.611. The number of ether oxygens (including phenoxy) is 1. The maximum Gasteiger partial charge on any atom is 0.260 e. The third-order valence-electron chi connectivity index (χ3n) is 3.68. The van der Waals surface area contributed by atoms with E-state index in [0.717, 1.165) is 12.3 Å². The molecule has 0 aliphatic rings. The zero-order valence-electron chi connectivity index (χ0n) is 14.7. The van der Waals surface area contributed by atoms with Crippen LogP contribution in [0.4, 0.5) is 0 Å². The van der Waals surface area contributed by atoms with Crippen molar-refractivity contribution in [1.82, 2.24) is 10.6 Å². The predicted molar refractivity (Wildman–Crippen MR) is 91.5 cm³/mol. The van der Waals surface area contributed by atoms with E-state index in [1.807, 2.05) is 26.0 Å². The fourth-order valence-corrected chi connectivity index (χ4v) is 2.44. The molecule has 22 heavy (non-hydrogen) atoms. The number of benzene rings is 1. The molecule has 0 bridgehead atoms. The first-order valence-corrected chi connectivity index (χ1v) is 8.13. The van der Waals surface area contributed by atoms with Crippen molar-refractivity contribution in [1.29, 1.82) is 0 Å². The zero-order valence-corrected chi connectivity index (χ0v) is 14.7. The molecule has 0 heterocycles. The topological polar surface area (TPSA) is 50.4 Å². The van der Waals surface area contributed by atoms with Gasteiger partial charge in [0.15, 0.2) is 6.10 Å². The molecule has 1 rings (SSSR count). The number of likely N-dealkylation sites (N-methyl/N-ethyl adjacent to an activating group) is 1. The summed E-state index contributed by atoms with van der Waals surface area (Å²) in [5.41, 5.74) is 2.50. The molecule has 0 aliphatic carbocycles. The molecule has 0 radical (unpaired) electrons. The first-order chi connectivity index (χ1) is 10.3. The van der Waals surface area contributed by atoms with Crippen molar-refractivity contribution in [3.8, 4) is 5.75 Å². The summed E-state index contributed by atoms with van der Waals surface area (Å²) >= 11 is 0. The van der Waals surface area contributed by atoms with Crippen LogP contribution in [0.1, 0.15) is 51.7 Å². The smallest absolute Gasteiger partial charge is 0.260 e. The van der Waals surface area contributed by atoms with E-state index in [1.54, 1.807) is 6.92 Å². The highest BCUT2D eigenvalue weighted by atomic mass is 16.5. The number of aryl methyl sites for hydroxylation is 1. The molecule has 0 aromatic heterocycles. The van der Waals surface area contributed by atoms with Gasteiger partial charge in [0.05, 0.1) is 0 Å². The van der Waals surface area contributed by atoms with Crippen LogP contribution in [0.15, 0.2) is 18.2 Å². The minimum atomic E-state index is -0.502. The van der Waals surface area contributed by atoms with Crippen molar-refractivity contribution in [2.45, 2.75) is 59.6 Å². The Labute approximate surface area is 134 Å². The molecule has 4 heteroatoms. The van der Waals surface area contributed by atoms with Gasteiger partial charge in [0.25, 0.3) is 5.91 Å². The minimum Gasteiger partial charge on any atom is -0.481 e. The van der Waals surface area contributed by atoms with E-state index in [1.165, 1.54) is 11.1 Å². The van der Waals surface area contributed by atoms with Crippen LogP contribution >= 0.6 is 0 Å². The molecule has 1 unspecified atom stereocenters. The van der Waals surface area contributed by atoms with E-state index >= 15 is 0 Å². The molecule has 1 aromatic rings. The summed E-state index contributed by atoms with van der Waals surface area (Å²) in [6, 6.07) is 6.27. The average Bonchev–Trinajstić information content (AvgIpc) is 2.44. The quantitative estimate of drug-likeness (QED) is 0.776. The molecule has 0 saturated carbocycles. The van der Waals surface area contributed by atoms with Gasteiger partial charge < -0.3 is 15.4 Å². The third-order valence-corrected chi connectivity index (χ3v) is 3.68. The van der Waals surface area contributed by atoms with Crippen molar-refractivity contribution < 1.29 is 9.53 Å². The Morgan fingerprint density at radius 3 is 2.45 bits per heavy atom. The van der Waals surface area contributed by atoms with Gasteiger partial charge in [-0.15, -0.1) is 0 Å². The Bertz CT molecular complexity index is 486. The normalized spacial score (nSPS) is 13.8.